The number of sulfonamides is 1. The molecule has 0 bridgehead atoms. The third-order valence-corrected chi connectivity index (χ3v) is 5.36. The minimum Gasteiger partial charge on any atom is -0.350 e. The summed E-state index contributed by atoms with van der Waals surface area (Å²) in [6.45, 7) is 4.49. The second-order valence-corrected chi connectivity index (χ2v) is 8.69. The molecule has 0 aromatic heterocycles. The van der Waals surface area contributed by atoms with Crippen molar-refractivity contribution in [2.45, 2.75) is 19.8 Å². The van der Waals surface area contributed by atoms with E-state index in [1.807, 2.05) is 12.1 Å². The van der Waals surface area contributed by atoms with Crippen LogP contribution in [-0.2, 0) is 10.0 Å². The quantitative estimate of drug-likeness (QED) is 0.779. The van der Waals surface area contributed by atoms with Gasteiger partial charge in [0.25, 0.3) is 5.91 Å². The molecule has 0 atom stereocenters. The van der Waals surface area contributed by atoms with Crippen molar-refractivity contribution in [1.29, 1.82) is 0 Å². The fourth-order valence-corrected chi connectivity index (χ4v) is 3.63. The van der Waals surface area contributed by atoms with Crippen molar-refractivity contribution in [3.05, 3.63) is 64.7 Å². The van der Waals surface area contributed by atoms with Crippen LogP contribution in [0.5, 0.6) is 0 Å². The highest BCUT2D eigenvalue weighted by atomic mass is 35.5. The van der Waals surface area contributed by atoms with Crippen LogP contribution in [-0.4, -0.2) is 33.7 Å². The van der Waals surface area contributed by atoms with E-state index in [2.05, 4.69) is 19.2 Å². The molecule has 0 aliphatic carbocycles. The number of amides is 1. The molecule has 2 aromatic carbocycles. The third-order valence-electron chi connectivity index (χ3n) is 3.94. The summed E-state index contributed by atoms with van der Waals surface area (Å²) in [5, 5.41) is 3.20. The molecule has 0 aliphatic rings. The lowest BCUT2D eigenvalue weighted by Gasteiger charge is -2.23. The van der Waals surface area contributed by atoms with E-state index in [1.165, 1.54) is 4.31 Å². The van der Waals surface area contributed by atoms with Crippen LogP contribution in [0.1, 0.15) is 35.7 Å². The number of rotatable bonds is 7. The Hall–Kier alpha value is -2.05. The van der Waals surface area contributed by atoms with Crippen LogP contribution >= 0.6 is 11.6 Å². The van der Waals surface area contributed by atoms with Gasteiger partial charge in [0.2, 0.25) is 10.0 Å². The Labute approximate surface area is 160 Å². The number of carbonyl (C=O) groups excluding carboxylic acids is 1. The molecule has 0 unspecified atom stereocenters. The average molecular weight is 395 g/mol. The van der Waals surface area contributed by atoms with Crippen LogP contribution in [0.4, 0.5) is 5.69 Å². The van der Waals surface area contributed by atoms with Crippen LogP contribution in [0.15, 0.2) is 48.5 Å². The predicted octanol–water partition coefficient (Wildman–Crippen LogP) is 3.66. The lowest BCUT2D eigenvalue weighted by molar-refractivity contribution is 0.0955. The number of nitrogens with zero attached hydrogens (tertiary/aromatic N) is 1. The molecular formula is C19H23ClN2O3S. The van der Waals surface area contributed by atoms with Crippen LogP contribution < -0.4 is 9.62 Å². The van der Waals surface area contributed by atoms with Gasteiger partial charge >= 0.3 is 0 Å². The average Bonchev–Trinajstić information content (AvgIpc) is 2.57. The van der Waals surface area contributed by atoms with E-state index >= 15 is 0 Å². The first-order valence-corrected chi connectivity index (χ1v) is 10.5. The van der Waals surface area contributed by atoms with Crippen molar-refractivity contribution in [3.63, 3.8) is 0 Å². The molecule has 26 heavy (non-hydrogen) atoms. The first-order valence-electron chi connectivity index (χ1n) is 8.30. The minimum atomic E-state index is -3.46. The fourth-order valence-electron chi connectivity index (χ4n) is 2.51. The number of nitrogens with one attached hydrogen (secondary N) is 1. The summed E-state index contributed by atoms with van der Waals surface area (Å²) < 4.78 is 25.6. The second-order valence-electron chi connectivity index (χ2n) is 6.35. The molecule has 0 radical (unpaired) electrons. The molecule has 2 rings (SSSR count). The fraction of sp³-hybridized carbons (Fsp3) is 0.316. The number of benzene rings is 2. The lowest BCUT2D eigenvalue weighted by Crippen LogP contribution is -2.38. The highest BCUT2D eigenvalue weighted by Gasteiger charge is 2.18. The van der Waals surface area contributed by atoms with Crippen LogP contribution in [0.2, 0.25) is 5.02 Å². The lowest BCUT2D eigenvalue weighted by atomic mass is 10.0. The molecule has 0 fully saturated rings. The van der Waals surface area contributed by atoms with Gasteiger partial charge in [-0.05, 0) is 41.8 Å². The molecule has 2 aromatic rings. The zero-order chi connectivity index (χ0) is 19.3. The number of anilines is 1. The second kappa shape index (κ2) is 8.56. The highest BCUT2D eigenvalue weighted by molar-refractivity contribution is 7.92. The number of hydrogen-bond acceptors (Lipinski definition) is 3. The number of hydrogen-bond donors (Lipinski definition) is 1. The summed E-state index contributed by atoms with van der Waals surface area (Å²) in [7, 11) is -3.46. The van der Waals surface area contributed by atoms with Crippen molar-refractivity contribution < 1.29 is 13.2 Å². The summed E-state index contributed by atoms with van der Waals surface area (Å²) in [5.41, 5.74) is 2.15. The topological polar surface area (TPSA) is 66.5 Å². The molecule has 1 amide bonds. The molecule has 7 heteroatoms. The van der Waals surface area contributed by atoms with Crippen molar-refractivity contribution in [2.75, 3.05) is 23.7 Å². The van der Waals surface area contributed by atoms with Gasteiger partial charge < -0.3 is 5.32 Å². The predicted molar refractivity (Wildman–Crippen MR) is 107 cm³/mol. The Balaban J connectivity index is 2.06. The Morgan fingerprint density at radius 3 is 2.35 bits per heavy atom. The van der Waals surface area contributed by atoms with E-state index in [1.54, 1.807) is 36.4 Å². The maximum Gasteiger partial charge on any atom is 0.251 e. The van der Waals surface area contributed by atoms with E-state index in [4.69, 9.17) is 11.6 Å². The van der Waals surface area contributed by atoms with Gasteiger partial charge in [-0.15, -0.1) is 0 Å². The maximum atomic E-state index is 12.1. The van der Waals surface area contributed by atoms with Crippen molar-refractivity contribution in [1.82, 2.24) is 5.32 Å². The summed E-state index contributed by atoms with van der Waals surface area (Å²) in [6.07, 6.45) is 1.15. The molecule has 0 aliphatic heterocycles. The molecule has 0 spiro atoms. The largest absolute Gasteiger partial charge is 0.350 e. The molecule has 1 N–H and O–H groups in total. The van der Waals surface area contributed by atoms with Gasteiger partial charge in [-0.2, -0.15) is 0 Å². The summed E-state index contributed by atoms with van der Waals surface area (Å²) in [6, 6.07) is 14.0. The van der Waals surface area contributed by atoms with Gasteiger partial charge in [0, 0.05) is 17.1 Å². The van der Waals surface area contributed by atoms with Crippen LogP contribution in [0.25, 0.3) is 0 Å². The maximum absolute atomic E-state index is 12.1. The Morgan fingerprint density at radius 2 is 1.81 bits per heavy atom. The summed E-state index contributed by atoms with van der Waals surface area (Å²) in [4.78, 5) is 12.1. The number of halogens is 1. The first kappa shape index (κ1) is 20.3. The molecule has 0 heterocycles. The molecule has 0 saturated heterocycles. The Morgan fingerprint density at radius 1 is 1.15 bits per heavy atom. The van der Waals surface area contributed by atoms with Gasteiger partial charge in [0.1, 0.15) is 0 Å². The molecule has 140 valence electrons. The van der Waals surface area contributed by atoms with E-state index < -0.39 is 10.0 Å². The first-order chi connectivity index (χ1) is 12.2. The number of carbonyl (C=O) groups is 1. The van der Waals surface area contributed by atoms with E-state index in [0.717, 1.165) is 11.8 Å². The SMILES string of the molecule is CC(C)c1ccc(N(CCNC(=O)c2cccc(Cl)c2)S(C)(=O)=O)cc1. The molecule has 5 nitrogen and oxygen atoms in total. The van der Waals surface area contributed by atoms with Crippen LogP contribution in [0, 0.1) is 0 Å². The van der Waals surface area contributed by atoms with Crippen molar-refractivity contribution in [3.8, 4) is 0 Å². The van der Waals surface area contributed by atoms with Crippen LogP contribution in [0.3, 0.4) is 0 Å². The van der Waals surface area contributed by atoms with Gasteiger partial charge in [-0.1, -0.05) is 43.6 Å². The Bertz CT molecular complexity index is 865. The smallest absolute Gasteiger partial charge is 0.251 e. The van der Waals surface area contributed by atoms with E-state index in [-0.39, 0.29) is 19.0 Å². The van der Waals surface area contributed by atoms with Gasteiger partial charge in [-0.3, -0.25) is 9.10 Å². The zero-order valence-corrected chi connectivity index (χ0v) is 16.6. The Kier molecular flexibility index (Phi) is 6.67. The monoisotopic (exact) mass is 394 g/mol. The standard InChI is InChI=1S/C19H23ClN2O3S/c1-14(2)15-7-9-18(10-8-15)22(26(3,24)25)12-11-21-19(23)16-5-4-6-17(20)13-16/h4-10,13-14H,11-12H2,1-3H3,(H,21,23). The van der Waals surface area contributed by atoms with Crippen molar-refractivity contribution >= 4 is 33.2 Å². The van der Waals surface area contributed by atoms with Gasteiger partial charge in [0.15, 0.2) is 0 Å². The van der Waals surface area contributed by atoms with E-state index in [9.17, 15) is 13.2 Å². The highest BCUT2D eigenvalue weighted by Crippen LogP contribution is 2.21. The van der Waals surface area contributed by atoms with Crippen molar-refractivity contribution in [2.24, 2.45) is 0 Å². The summed E-state index contributed by atoms with van der Waals surface area (Å²) >= 11 is 5.88. The normalized spacial score (nSPS) is 11.4. The zero-order valence-electron chi connectivity index (χ0n) is 15.1. The third kappa shape index (κ3) is 5.47. The van der Waals surface area contributed by atoms with Gasteiger partial charge in [-0.25, -0.2) is 8.42 Å². The van der Waals surface area contributed by atoms with E-state index in [0.29, 0.717) is 22.2 Å². The summed E-state index contributed by atoms with van der Waals surface area (Å²) in [5.74, 6) is 0.0730. The molecule has 0 saturated carbocycles. The minimum absolute atomic E-state index is 0.145. The molecular weight excluding hydrogens is 372 g/mol. The van der Waals surface area contributed by atoms with Gasteiger partial charge in [0.05, 0.1) is 18.5 Å².